The lowest BCUT2D eigenvalue weighted by atomic mass is 9.93. The van der Waals surface area contributed by atoms with E-state index in [4.69, 9.17) is 28.1 Å². The minimum absolute atomic E-state index is 0.129. The van der Waals surface area contributed by atoms with E-state index >= 15 is 0 Å². The summed E-state index contributed by atoms with van der Waals surface area (Å²) >= 11 is 0. The Balaban J connectivity index is 1.32. The Labute approximate surface area is 309 Å². The first-order valence-corrected chi connectivity index (χ1v) is 17.0. The average Bonchev–Trinajstić information content (AvgIpc) is 3.73. The van der Waals surface area contributed by atoms with Crippen LogP contribution in [0.2, 0.25) is 0 Å². The average molecular weight is 725 g/mol. The van der Waals surface area contributed by atoms with Gasteiger partial charge in [0.25, 0.3) is 0 Å². The fourth-order valence-corrected chi connectivity index (χ4v) is 5.81. The zero-order chi connectivity index (χ0) is 37.3. The van der Waals surface area contributed by atoms with Crippen LogP contribution in [0.4, 0.5) is 0 Å². The van der Waals surface area contributed by atoms with E-state index in [1.807, 2.05) is 6.07 Å². The maximum atomic E-state index is 13.8. The molecule has 7 rings (SSSR count). The quantitative estimate of drug-likeness (QED) is 0.103. The molecule has 1 aliphatic rings. The fourth-order valence-electron chi connectivity index (χ4n) is 5.81. The summed E-state index contributed by atoms with van der Waals surface area (Å²) in [7, 11) is 0. The molecule has 0 aliphatic carbocycles. The topological polar surface area (TPSA) is 153 Å². The summed E-state index contributed by atoms with van der Waals surface area (Å²) in [5, 5.41) is 8.44. The molecular formula is C42H32N2O10. The zero-order valence-electron chi connectivity index (χ0n) is 28.5. The second-order valence-corrected chi connectivity index (χ2v) is 12.1. The Bertz CT molecular complexity index is 2180. The monoisotopic (exact) mass is 724 g/mol. The molecule has 12 nitrogen and oxygen atoms in total. The van der Waals surface area contributed by atoms with Crippen molar-refractivity contribution in [2.75, 3.05) is 6.61 Å². The Hall–Kier alpha value is -6.92. The number of hydrogen-bond donors (Lipinski definition) is 0. The molecule has 0 amide bonds. The molecule has 0 radical (unpaired) electrons. The molecular weight excluding hydrogens is 692 g/mol. The summed E-state index contributed by atoms with van der Waals surface area (Å²) in [6.07, 6.45) is -7.34. The molecule has 0 N–H and O–H groups in total. The van der Waals surface area contributed by atoms with Crippen LogP contribution in [-0.4, -0.2) is 65.1 Å². The maximum absolute atomic E-state index is 13.8. The van der Waals surface area contributed by atoms with Crippen LogP contribution in [-0.2, 0) is 23.7 Å². The first-order chi connectivity index (χ1) is 26.4. The van der Waals surface area contributed by atoms with E-state index in [1.54, 1.807) is 146 Å². The molecule has 1 fully saturated rings. The summed E-state index contributed by atoms with van der Waals surface area (Å²) in [5.74, 6) is -3.14. The van der Waals surface area contributed by atoms with Gasteiger partial charge in [0.1, 0.15) is 12.7 Å². The Morgan fingerprint density at radius 3 is 1.37 bits per heavy atom. The molecule has 5 unspecified atom stereocenters. The van der Waals surface area contributed by atoms with Crippen LogP contribution in [0.25, 0.3) is 11.5 Å². The van der Waals surface area contributed by atoms with Gasteiger partial charge in [-0.15, -0.1) is 10.2 Å². The first-order valence-electron chi connectivity index (χ1n) is 17.0. The van der Waals surface area contributed by atoms with E-state index in [-0.39, 0.29) is 34.0 Å². The van der Waals surface area contributed by atoms with E-state index < -0.39 is 61.0 Å². The maximum Gasteiger partial charge on any atom is 0.338 e. The van der Waals surface area contributed by atoms with Crippen LogP contribution in [0.5, 0.6) is 0 Å². The predicted molar refractivity (Wildman–Crippen MR) is 191 cm³/mol. The van der Waals surface area contributed by atoms with E-state index in [2.05, 4.69) is 10.2 Å². The van der Waals surface area contributed by atoms with E-state index in [0.717, 1.165) is 0 Å². The van der Waals surface area contributed by atoms with Gasteiger partial charge in [-0.2, -0.15) is 0 Å². The highest BCUT2D eigenvalue weighted by molar-refractivity contribution is 5.91. The molecule has 54 heavy (non-hydrogen) atoms. The van der Waals surface area contributed by atoms with Gasteiger partial charge in [-0.25, -0.2) is 19.2 Å². The summed E-state index contributed by atoms with van der Waals surface area (Å²) in [6, 6.07) is 41.6. The van der Waals surface area contributed by atoms with Gasteiger partial charge in [0.15, 0.2) is 24.4 Å². The summed E-state index contributed by atoms with van der Waals surface area (Å²) < 4.78 is 36.6. The number of carbonyl (C=O) groups is 4. The smallest absolute Gasteiger partial charge is 0.338 e. The van der Waals surface area contributed by atoms with Crippen LogP contribution in [0.1, 0.15) is 53.4 Å². The van der Waals surface area contributed by atoms with E-state index in [0.29, 0.717) is 5.56 Å². The number of carbonyl (C=O) groups excluding carboxylic acids is 4. The third-order valence-corrected chi connectivity index (χ3v) is 8.48. The van der Waals surface area contributed by atoms with Crippen molar-refractivity contribution in [3.05, 3.63) is 180 Å². The predicted octanol–water partition coefficient (Wildman–Crippen LogP) is 6.71. The highest BCUT2D eigenvalue weighted by atomic mass is 16.7. The minimum Gasteiger partial charge on any atom is -0.459 e. The molecule has 5 aromatic carbocycles. The van der Waals surface area contributed by atoms with Crippen LogP contribution in [0, 0.1) is 0 Å². The lowest BCUT2D eigenvalue weighted by Crippen LogP contribution is -2.60. The molecule has 0 bridgehead atoms. The highest BCUT2D eigenvalue weighted by Gasteiger charge is 2.55. The van der Waals surface area contributed by atoms with Gasteiger partial charge in [-0.1, -0.05) is 91.0 Å². The van der Waals surface area contributed by atoms with Gasteiger partial charge in [-0.3, -0.25) is 0 Å². The fraction of sp³-hybridized carbons (Fsp3) is 0.143. The number of nitrogens with zero attached hydrogens (tertiary/aromatic N) is 2. The number of rotatable bonds is 11. The SMILES string of the molecule is O=C(OCC1OC(c2nnc(-c3ccccc3)o2)C(OC(=O)c2ccccc2)C(OC(=O)c2ccccc2)C1OC(=O)c1ccccc1)c1ccccc1. The van der Waals surface area contributed by atoms with Crippen molar-refractivity contribution in [3.63, 3.8) is 0 Å². The molecule has 2 heterocycles. The van der Waals surface area contributed by atoms with Gasteiger partial charge in [0, 0.05) is 5.56 Å². The lowest BCUT2D eigenvalue weighted by molar-refractivity contribution is -0.236. The second-order valence-electron chi connectivity index (χ2n) is 12.1. The molecule has 6 aromatic rings. The number of ether oxygens (including phenoxy) is 5. The van der Waals surface area contributed by atoms with Crippen molar-refractivity contribution < 1.29 is 47.3 Å². The van der Waals surface area contributed by atoms with Crippen molar-refractivity contribution in [3.8, 4) is 11.5 Å². The van der Waals surface area contributed by atoms with Crippen molar-refractivity contribution in [1.29, 1.82) is 0 Å². The molecule has 1 saturated heterocycles. The normalized spacial score (nSPS) is 19.2. The van der Waals surface area contributed by atoms with Crippen LogP contribution < -0.4 is 0 Å². The summed E-state index contributed by atoms with van der Waals surface area (Å²) in [4.78, 5) is 54.5. The van der Waals surface area contributed by atoms with Gasteiger partial charge >= 0.3 is 23.9 Å². The Morgan fingerprint density at radius 2 is 0.889 bits per heavy atom. The van der Waals surface area contributed by atoms with Crippen molar-refractivity contribution in [2.45, 2.75) is 30.5 Å². The molecule has 1 aliphatic heterocycles. The van der Waals surface area contributed by atoms with Crippen molar-refractivity contribution >= 4 is 23.9 Å². The van der Waals surface area contributed by atoms with Gasteiger partial charge in [0.2, 0.25) is 11.8 Å². The van der Waals surface area contributed by atoms with Crippen molar-refractivity contribution in [2.24, 2.45) is 0 Å². The molecule has 270 valence electrons. The number of benzene rings is 5. The van der Waals surface area contributed by atoms with Gasteiger partial charge in [0.05, 0.1) is 22.3 Å². The molecule has 5 atom stereocenters. The highest BCUT2D eigenvalue weighted by Crippen LogP contribution is 2.39. The largest absolute Gasteiger partial charge is 0.459 e. The lowest BCUT2D eigenvalue weighted by Gasteiger charge is -2.43. The van der Waals surface area contributed by atoms with Gasteiger partial charge < -0.3 is 28.1 Å². The Kier molecular flexibility index (Phi) is 10.9. The Morgan fingerprint density at radius 1 is 0.481 bits per heavy atom. The van der Waals surface area contributed by atoms with Crippen LogP contribution in [0.3, 0.4) is 0 Å². The molecule has 12 heteroatoms. The second kappa shape index (κ2) is 16.6. The van der Waals surface area contributed by atoms with E-state index in [1.165, 1.54) is 0 Å². The molecule has 0 saturated carbocycles. The van der Waals surface area contributed by atoms with E-state index in [9.17, 15) is 19.2 Å². The number of esters is 4. The van der Waals surface area contributed by atoms with Crippen LogP contribution in [0.15, 0.2) is 156 Å². The molecule has 0 spiro atoms. The summed E-state index contributed by atoms with van der Waals surface area (Å²) in [6.45, 7) is -0.491. The molecule has 1 aromatic heterocycles. The summed E-state index contributed by atoms with van der Waals surface area (Å²) in [5.41, 5.74) is 1.37. The number of hydrogen-bond acceptors (Lipinski definition) is 12. The zero-order valence-corrected chi connectivity index (χ0v) is 28.5. The number of aromatic nitrogens is 2. The van der Waals surface area contributed by atoms with Crippen LogP contribution >= 0.6 is 0 Å². The third-order valence-electron chi connectivity index (χ3n) is 8.48. The first kappa shape index (κ1) is 35.5. The van der Waals surface area contributed by atoms with Gasteiger partial charge in [-0.05, 0) is 60.7 Å². The minimum atomic E-state index is -1.57. The third kappa shape index (κ3) is 8.24. The standard InChI is InChI=1S/C42H32N2O10/c45-39(28-18-8-2-9-19-28)49-26-32-33(51-40(46)29-20-10-3-11-21-29)34(52-41(47)30-22-12-4-13-23-30)35(53-42(48)31-24-14-5-15-25-31)36(50-32)38-44-43-37(54-38)27-16-6-1-7-17-27/h1-25,32-36H,26H2. The van der Waals surface area contributed by atoms with Crippen molar-refractivity contribution in [1.82, 2.24) is 10.2 Å².